The lowest BCUT2D eigenvalue weighted by atomic mass is 10.4. The largest absolute Gasteiger partial charge is 0.480 e. The Kier molecular flexibility index (Phi) is 2.32. The molecule has 0 spiro atoms. The summed E-state index contributed by atoms with van der Waals surface area (Å²) in [5, 5.41) is 8.04. The second-order valence-electron chi connectivity index (χ2n) is 1.23. The number of nitrogens with two attached hydrogens (primary N) is 1. The molecule has 1 unspecified atom stereocenters. The van der Waals surface area contributed by atoms with Gasteiger partial charge in [-0.15, -0.1) is 0 Å². The molecule has 0 aliphatic rings. The van der Waals surface area contributed by atoms with Crippen LogP contribution in [-0.2, 0) is 4.79 Å². The number of rotatable bonds is 2. The van der Waals surface area contributed by atoms with Gasteiger partial charge < -0.3 is 5.11 Å². The number of carboxylic acid groups (broad SMARTS) is 1. The Morgan fingerprint density at radius 1 is 2.00 bits per heavy atom. The standard InChI is InChI=1S/C3H8N2O2/c1-2(5-4)3(6)7/h2,5H,4H2,1H3,(H,6,7). The lowest BCUT2D eigenvalue weighted by Crippen LogP contribution is -2.38. The van der Waals surface area contributed by atoms with Gasteiger partial charge in [0, 0.05) is 0 Å². The normalized spacial score (nSPS) is 13.4. The predicted octanol–water partition coefficient (Wildman–Crippen LogP) is -1.08. The average molecular weight is 104 g/mol. The maximum Gasteiger partial charge on any atom is 0.321 e. The van der Waals surface area contributed by atoms with Gasteiger partial charge in [0.25, 0.3) is 0 Å². The molecule has 0 bridgehead atoms. The Bertz CT molecular complexity index is 73.3. The second kappa shape index (κ2) is 2.54. The van der Waals surface area contributed by atoms with E-state index in [-0.39, 0.29) is 0 Å². The molecule has 0 aromatic heterocycles. The summed E-state index contributed by atoms with van der Waals surface area (Å²) in [6.07, 6.45) is 0. The minimum absolute atomic E-state index is 0.653. The molecule has 0 rings (SSSR count). The van der Waals surface area contributed by atoms with Crippen LogP contribution in [0.5, 0.6) is 0 Å². The van der Waals surface area contributed by atoms with E-state index < -0.39 is 12.0 Å². The van der Waals surface area contributed by atoms with Crippen LogP contribution in [0.25, 0.3) is 0 Å². The maximum absolute atomic E-state index is 9.79. The Morgan fingerprint density at radius 3 is 2.43 bits per heavy atom. The summed E-state index contributed by atoms with van der Waals surface area (Å²) in [4.78, 5) is 9.79. The fraction of sp³-hybridized carbons (Fsp3) is 0.667. The molecule has 4 N–H and O–H groups in total. The molecule has 1 atom stereocenters. The minimum Gasteiger partial charge on any atom is -0.480 e. The summed E-state index contributed by atoms with van der Waals surface area (Å²) >= 11 is 0. The van der Waals surface area contributed by atoms with Gasteiger partial charge in [-0.25, -0.2) is 5.43 Å². The van der Waals surface area contributed by atoms with E-state index in [9.17, 15) is 4.79 Å². The van der Waals surface area contributed by atoms with Crippen LogP contribution in [0.2, 0.25) is 0 Å². The van der Waals surface area contributed by atoms with Crippen molar-refractivity contribution in [2.24, 2.45) is 5.84 Å². The molecule has 4 nitrogen and oxygen atoms in total. The molecule has 0 radical (unpaired) electrons. The highest BCUT2D eigenvalue weighted by atomic mass is 16.4. The smallest absolute Gasteiger partial charge is 0.321 e. The molecule has 7 heavy (non-hydrogen) atoms. The number of carboxylic acids is 1. The van der Waals surface area contributed by atoms with Gasteiger partial charge in [0.1, 0.15) is 6.04 Å². The van der Waals surface area contributed by atoms with Crippen LogP contribution >= 0.6 is 0 Å². The molecule has 0 aliphatic carbocycles. The first kappa shape index (κ1) is 6.39. The molecule has 42 valence electrons. The molecule has 0 heterocycles. The topological polar surface area (TPSA) is 75.3 Å². The first-order valence-corrected chi connectivity index (χ1v) is 1.87. The Morgan fingerprint density at radius 2 is 2.43 bits per heavy atom. The highest BCUT2D eigenvalue weighted by molar-refractivity contribution is 5.72. The van der Waals surface area contributed by atoms with Crippen molar-refractivity contribution in [3.8, 4) is 0 Å². The molecule has 0 aliphatic heterocycles. The van der Waals surface area contributed by atoms with E-state index in [1.807, 2.05) is 0 Å². The molecule has 0 amide bonds. The zero-order valence-electron chi connectivity index (χ0n) is 4.01. The minimum atomic E-state index is -0.942. The molecule has 0 saturated carbocycles. The summed E-state index contributed by atoms with van der Waals surface area (Å²) in [7, 11) is 0. The van der Waals surface area contributed by atoms with Crippen LogP contribution in [0.1, 0.15) is 6.92 Å². The van der Waals surface area contributed by atoms with E-state index in [0.717, 1.165) is 0 Å². The van der Waals surface area contributed by atoms with E-state index in [1.54, 1.807) is 0 Å². The summed E-state index contributed by atoms with van der Waals surface area (Å²) in [5.41, 5.74) is 2.06. The lowest BCUT2D eigenvalue weighted by Gasteiger charge is -1.99. The molecular formula is C3H8N2O2. The Labute approximate surface area is 41.3 Å². The fourth-order valence-electron chi connectivity index (χ4n) is 0.0713. The first-order chi connectivity index (χ1) is 3.18. The van der Waals surface area contributed by atoms with E-state index in [0.29, 0.717) is 0 Å². The van der Waals surface area contributed by atoms with Gasteiger partial charge in [0.05, 0.1) is 0 Å². The number of hydrogen-bond acceptors (Lipinski definition) is 3. The number of hydrogen-bond donors (Lipinski definition) is 3. The Balaban J connectivity index is 3.34. The van der Waals surface area contributed by atoms with E-state index in [2.05, 4.69) is 5.43 Å². The van der Waals surface area contributed by atoms with E-state index in [1.165, 1.54) is 6.92 Å². The van der Waals surface area contributed by atoms with Crippen LogP contribution < -0.4 is 11.3 Å². The quantitative estimate of drug-likeness (QED) is 0.308. The predicted molar refractivity (Wildman–Crippen MR) is 24.4 cm³/mol. The number of aliphatic carboxylic acids is 1. The maximum atomic E-state index is 9.79. The zero-order chi connectivity index (χ0) is 5.86. The van der Waals surface area contributed by atoms with Gasteiger partial charge in [-0.2, -0.15) is 0 Å². The molecule has 0 saturated heterocycles. The van der Waals surface area contributed by atoms with Gasteiger partial charge in [-0.3, -0.25) is 10.6 Å². The fourth-order valence-corrected chi connectivity index (χ4v) is 0.0713. The van der Waals surface area contributed by atoms with Crippen LogP contribution in [0.15, 0.2) is 0 Å². The number of carbonyl (C=O) groups is 1. The molecule has 0 aromatic rings. The molecule has 0 aromatic carbocycles. The molecule has 0 fully saturated rings. The summed E-state index contributed by atoms with van der Waals surface area (Å²) < 4.78 is 0. The van der Waals surface area contributed by atoms with Crippen LogP contribution in [0.3, 0.4) is 0 Å². The van der Waals surface area contributed by atoms with E-state index in [4.69, 9.17) is 10.9 Å². The van der Waals surface area contributed by atoms with Crippen molar-refractivity contribution >= 4 is 5.97 Å². The van der Waals surface area contributed by atoms with Gasteiger partial charge in [0.2, 0.25) is 0 Å². The van der Waals surface area contributed by atoms with Crippen molar-refractivity contribution in [1.82, 2.24) is 5.43 Å². The highest BCUT2D eigenvalue weighted by Gasteiger charge is 2.04. The van der Waals surface area contributed by atoms with Crippen LogP contribution in [-0.4, -0.2) is 17.1 Å². The van der Waals surface area contributed by atoms with Crippen LogP contribution in [0.4, 0.5) is 0 Å². The van der Waals surface area contributed by atoms with Crippen molar-refractivity contribution in [2.75, 3.05) is 0 Å². The van der Waals surface area contributed by atoms with Crippen molar-refractivity contribution in [3.05, 3.63) is 0 Å². The average Bonchev–Trinajstić information content (AvgIpc) is 1.65. The van der Waals surface area contributed by atoms with Crippen molar-refractivity contribution < 1.29 is 9.90 Å². The SMILES string of the molecule is CC(NN)C(=O)O. The van der Waals surface area contributed by atoms with Gasteiger partial charge in [0.15, 0.2) is 0 Å². The van der Waals surface area contributed by atoms with E-state index >= 15 is 0 Å². The summed E-state index contributed by atoms with van der Waals surface area (Å²) in [5.74, 6) is 3.80. The van der Waals surface area contributed by atoms with Crippen molar-refractivity contribution in [1.29, 1.82) is 0 Å². The highest BCUT2D eigenvalue weighted by Crippen LogP contribution is 1.72. The molecule has 4 heteroatoms. The second-order valence-corrected chi connectivity index (χ2v) is 1.23. The monoisotopic (exact) mass is 104 g/mol. The van der Waals surface area contributed by atoms with Crippen LogP contribution in [0, 0.1) is 0 Å². The van der Waals surface area contributed by atoms with Crippen molar-refractivity contribution in [3.63, 3.8) is 0 Å². The third-order valence-corrected chi connectivity index (χ3v) is 0.620. The number of hydrazine groups is 1. The number of nitrogens with one attached hydrogen (secondary N) is 1. The van der Waals surface area contributed by atoms with Gasteiger partial charge in [-0.05, 0) is 6.92 Å². The molecular weight excluding hydrogens is 96.0 g/mol. The zero-order valence-corrected chi connectivity index (χ0v) is 4.01. The third kappa shape index (κ3) is 2.13. The first-order valence-electron chi connectivity index (χ1n) is 1.87. The lowest BCUT2D eigenvalue weighted by molar-refractivity contribution is -0.138. The van der Waals surface area contributed by atoms with Crippen molar-refractivity contribution in [2.45, 2.75) is 13.0 Å². The van der Waals surface area contributed by atoms with Gasteiger partial charge in [-0.1, -0.05) is 0 Å². The summed E-state index contributed by atoms with van der Waals surface area (Å²) in [6, 6.07) is -0.653. The third-order valence-electron chi connectivity index (χ3n) is 0.620. The summed E-state index contributed by atoms with van der Waals surface area (Å²) in [6.45, 7) is 1.46. The Hall–Kier alpha value is -0.610. The van der Waals surface area contributed by atoms with Gasteiger partial charge >= 0.3 is 5.97 Å².